The van der Waals surface area contributed by atoms with Gasteiger partial charge < -0.3 is 24.3 Å². The first kappa shape index (κ1) is 21.8. The SMILES string of the molecule is COc1cc(/C=C/C(=O)OCC(=O)NCCc2ccccc2)cc(OC)c1OC. The molecule has 0 unspecified atom stereocenters. The fourth-order valence-corrected chi connectivity index (χ4v) is 2.59. The Hall–Kier alpha value is -3.48. The first-order valence-electron chi connectivity index (χ1n) is 9.02. The van der Waals surface area contributed by atoms with E-state index >= 15 is 0 Å². The maximum Gasteiger partial charge on any atom is 0.331 e. The van der Waals surface area contributed by atoms with Gasteiger partial charge in [0.2, 0.25) is 5.75 Å². The molecule has 0 fully saturated rings. The second-order valence-corrected chi connectivity index (χ2v) is 5.99. The highest BCUT2D eigenvalue weighted by Crippen LogP contribution is 2.38. The van der Waals surface area contributed by atoms with E-state index in [2.05, 4.69) is 5.32 Å². The minimum Gasteiger partial charge on any atom is -0.493 e. The average Bonchev–Trinajstić information content (AvgIpc) is 2.76. The zero-order chi connectivity index (χ0) is 21.1. The van der Waals surface area contributed by atoms with Gasteiger partial charge in [-0.1, -0.05) is 30.3 Å². The molecule has 0 bridgehead atoms. The first-order chi connectivity index (χ1) is 14.1. The van der Waals surface area contributed by atoms with Crippen molar-refractivity contribution in [1.82, 2.24) is 5.32 Å². The van der Waals surface area contributed by atoms with Crippen molar-refractivity contribution in [3.8, 4) is 17.2 Å². The lowest BCUT2D eigenvalue weighted by Gasteiger charge is -2.12. The first-order valence-corrected chi connectivity index (χ1v) is 9.02. The third-order valence-electron chi connectivity index (χ3n) is 4.02. The number of rotatable bonds is 10. The summed E-state index contributed by atoms with van der Waals surface area (Å²) in [6, 6.07) is 13.2. The lowest BCUT2D eigenvalue weighted by Crippen LogP contribution is -2.30. The van der Waals surface area contributed by atoms with Crippen molar-refractivity contribution in [2.45, 2.75) is 6.42 Å². The lowest BCUT2D eigenvalue weighted by atomic mass is 10.1. The number of carbonyl (C=O) groups excluding carboxylic acids is 2. The van der Waals surface area contributed by atoms with Crippen LogP contribution in [0.15, 0.2) is 48.5 Å². The van der Waals surface area contributed by atoms with Gasteiger partial charge in [-0.25, -0.2) is 4.79 Å². The fourth-order valence-electron chi connectivity index (χ4n) is 2.59. The minimum atomic E-state index is -0.628. The van der Waals surface area contributed by atoms with Crippen LogP contribution >= 0.6 is 0 Å². The van der Waals surface area contributed by atoms with E-state index in [1.54, 1.807) is 18.2 Å². The average molecular weight is 399 g/mol. The molecule has 1 N–H and O–H groups in total. The molecule has 0 spiro atoms. The van der Waals surface area contributed by atoms with E-state index in [-0.39, 0.29) is 12.5 Å². The highest BCUT2D eigenvalue weighted by atomic mass is 16.5. The summed E-state index contributed by atoms with van der Waals surface area (Å²) < 4.78 is 20.7. The molecule has 0 aliphatic rings. The molecule has 0 radical (unpaired) electrons. The zero-order valence-electron chi connectivity index (χ0n) is 16.8. The molecule has 0 saturated heterocycles. The Morgan fingerprint density at radius 2 is 1.62 bits per heavy atom. The molecule has 0 aliphatic heterocycles. The summed E-state index contributed by atoms with van der Waals surface area (Å²) in [7, 11) is 4.53. The van der Waals surface area contributed by atoms with E-state index < -0.39 is 5.97 Å². The zero-order valence-corrected chi connectivity index (χ0v) is 16.8. The van der Waals surface area contributed by atoms with Crippen molar-refractivity contribution in [3.63, 3.8) is 0 Å². The largest absolute Gasteiger partial charge is 0.493 e. The highest BCUT2D eigenvalue weighted by molar-refractivity contribution is 5.89. The smallest absolute Gasteiger partial charge is 0.331 e. The van der Waals surface area contributed by atoms with Gasteiger partial charge in [0.05, 0.1) is 21.3 Å². The topological polar surface area (TPSA) is 83.1 Å². The minimum absolute atomic E-state index is 0.340. The Morgan fingerprint density at radius 3 is 2.21 bits per heavy atom. The maximum absolute atomic E-state index is 11.9. The number of hydrogen-bond donors (Lipinski definition) is 1. The molecule has 0 atom stereocenters. The molecule has 2 aromatic rings. The molecule has 0 heterocycles. The summed E-state index contributed by atoms with van der Waals surface area (Å²) in [5.74, 6) is 0.421. The molecule has 1 amide bonds. The Balaban J connectivity index is 1.82. The number of methoxy groups -OCH3 is 3. The summed E-state index contributed by atoms with van der Waals surface area (Å²) in [5, 5.41) is 2.72. The van der Waals surface area contributed by atoms with Crippen LogP contribution < -0.4 is 19.5 Å². The number of esters is 1. The maximum atomic E-state index is 11.9. The van der Waals surface area contributed by atoms with Gasteiger partial charge in [0.15, 0.2) is 18.1 Å². The van der Waals surface area contributed by atoms with Crippen molar-refractivity contribution < 1.29 is 28.5 Å². The fraction of sp³-hybridized carbons (Fsp3) is 0.273. The monoisotopic (exact) mass is 399 g/mol. The van der Waals surface area contributed by atoms with E-state index in [0.29, 0.717) is 35.8 Å². The second kappa shape index (κ2) is 11.4. The van der Waals surface area contributed by atoms with Crippen LogP contribution in [0.1, 0.15) is 11.1 Å². The third kappa shape index (κ3) is 6.88. The standard InChI is InChI=1S/C22H25NO6/c1-26-18-13-17(14-19(27-2)22(18)28-3)9-10-21(25)29-15-20(24)23-12-11-16-7-5-4-6-8-16/h4-10,13-14H,11-12,15H2,1-3H3,(H,23,24)/b10-9+. The van der Waals surface area contributed by atoms with Crippen molar-refractivity contribution in [1.29, 1.82) is 0 Å². The van der Waals surface area contributed by atoms with E-state index in [9.17, 15) is 9.59 Å². The van der Waals surface area contributed by atoms with Crippen LogP contribution in [-0.2, 0) is 20.7 Å². The molecule has 2 aromatic carbocycles. The van der Waals surface area contributed by atoms with Crippen LogP contribution in [0.4, 0.5) is 0 Å². The Labute approximate surface area is 170 Å². The number of benzene rings is 2. The second-order valence-electron chi connectivity index (χ2n) is 5.99. The third-order valence-corrected chi connectivity index (χ3v) is 4.02. The summed E-state index contributed by atoms with van der Waals surface area (Å²) in [6.07, 6.45) is 3.49. The van der Waals surface area contributed by atoms with Crippen LogP contribution in [0.25, 0.3) is 6.08 Å². The number of nitrogens with one attached hydrogen (secondary N) is 1. The molecule has 7 heteroatoms. The summed E-state index contributed by atoms with van der Waals surface area (Å²) >= 11 is 0. The van der Waals surface area contributed by atoms with Crippen LogP contribution in [0.5, 0.6) is 17.2 Å². The predicted molar refractivity (Wildman–Crippen MR) is 109 cm³/mol. The van der Waals surface area contributed by atoms with Crippen LogP contribution in [0, 0.1) is 0 Å². The summed E-state index contributed by atoms with van der Waals surface area (Å²) in [5.41, 5.74) is 1.78. The van der Waals surface area contributed by atoms with E-state index in [1.807, 2.05) is 30.3 Å². The van der Waals surface area contributed by atoms with Gasteiger partial charge in [-0.2, -0.15) is 0 Å². The van der Waals surface area contributed by atoms with Crippen LogP contribution in [-0.4, -0.2) is 46.4 Å². The van der Waals surface area contributed by atoms with Crippen LogP contribution in [0.2, 0.25) is 0 Å². The van der Waals surface area contributed by atoms with Gasteiger partial charge in [0.25, 0.3) is 5.91 Å². The molecular weight excluding hydrogens is 374 g/mol. The molecular formula is C22H25NO6. The Morgan fingerprint density at radius 1 is 0.966 bits per heavy atom. The molecule has 7 nitrogen and oxygen atoms in total. The van der Waals surface area contributed by atoms with E-state index in [1.165, 1.54) is 27.4 Å². The van der Waals surface area contributed by atoms with Crippen LogP contribution in [0.3, 0.4) is 0 Å². The Bertz CT molecular complexity index is 823. The number of amides is 1. The van der Waals surface area contributed by atoms with Crippen molar-refractivity contribution >= 4 is 18.0 Å². The predicted octanol–water partition coefficient (Wildman–Crippen LogP) is 2.63. The normalized spacial score (nSPS) is 10.4. The molecule has 0 aromatic heterocycles. The summed E-state index contributed by atoms with van der Waals surface area (Å²) in [6.45, 7) is 0.134. The van der Waals surface area contributed by atoms with Gasteiger partial charge in [0.1, 0.15) is 0 Å². The highest BCUT2D eigenvalue weighted by Gasteiger charge is 2.12. The molecule has 154 valence electrons. The lowest BCUT2D eigenvalue weighted by molar-refractivity contribution is -0.143. The van der Waals surface area contributed by atoms with Crippen molar-refractivity contribution in [2.24, 2.45) is 0 Å². The van der Waals surface area contributed by atoms with Crippen molar-refractivity contribution in [3.05, 3.63) is 59.7 Å². The molecule has 2 rings (SSSR count). The van der Waals surface area contributed by atoms with E-state index in [4.69, 9.17) is 18.9 Å². The molecule has 29 heavy (non-hydrogen) atoms. The number of ether oxygens (including phenoxy) is 4. The van der Waals surface area contributed by atoms with Gasteiger partial charge in [0, 0.05) is 12.6 Å². The van der Waals surface area contributed by atoms with E-state index in [0.717, 1.165) is 5.56 Å². The van der Waals surface area contributed by atoms with Crippen molar-refractivity contribution in [2.75, 3.05) is 34.5 Å². The molecule has 0 saturated carbocycles. The number of carbonyl (C=O) groups is 2. The summed E-state index contributed by atoms with van der Waals surface area (Å²) in [4.78, 5) is 23.7. The molecule has 0 aliphatic carbocycles. The van der Waals surface area contributed by atoms with Gasteiger partial charge in [-0.15, -0.1) is 0 Å². The van der Waals surface area contributed by atoms with Gasteiger partial charge in [-0.3, -0.25) is 4.79 Å². The Kier molecular flexibility index (Phi) is 8.56. The van der Waals surface area contributed by atoms with Gasteiger partial charge >= 0.3 is 5.97 Å². The quantitative estimate of drug-likeness (QED) is 0.489. The number of hydrogen-bond acceptors (Lipinski definition) is 6. The van der Waals surface area contributed by atoms with Gasteiger partial charge in [-0.05, 0) is 35.8 Å².